The minimum Gasteiger partial charge on any atom is -0.376 e. The van der Waals surface area contributed by atoms with Gasteiger partial charge in [0.05, 0.1) is 6.54 Å². The molecule has 138 valence electrons. The largest absolute Gasteiger partial charge is 0.376 e. The summed E-state index contributed by atoms with van der Waals surface area (Å²) in [5.74, 6) is 0.664. The van der Waals surface area contributed by atoms with Crippen LogP contribution < -0.4 is 15.5 Å². The summed E-state index contributed by atoms with van der Waals surface area (Å²) in [7, 11) is 0. The van der Waals surface area contributed by atoms with E-state index in [9.17, 15) is 4.79 Å². The molecule has 1 amide bonds. The predicted molar refractivity (Wildman–Crippen MR) is 111 cm³/mol. The van der Waals surface area contributed by atoms with Gasteiger partial charge in [0.15, 0.2) is 0 Å². The maximum absolute atomic E-state index is 12.1. The topological polar surface area (TPSA) is 44.4 Å². The molecule has 2 N–H and O–H groups in total. The van der Waals surface area contributed by atoms with Crippen molar-refractivity contribution in [1.29, 1.82) is 0 Å². The lowest BCUT2D eigenvalue weighted by Gasteiger charge is -2.32. The van der Waals surface area contributed by atoms with Gasteiger partial charge in [0.1, 0.15) is 0 Å². The van der Waals surface area contributed by atoms with Crippen LogP contribution >= 0.6 is 23.2 Å². The van der Waals surface area contributed by atoms with E-state index >= 15 is 0 Å². The van der Waals surface area contributed by atoms with E-state index < -0.39 is 0 Å². The molecule has 0 bridgehead atoms. The lowest BCUT2D eigenvalue weighted by atomic mass is 9.99. The highest BCUT2D eigenvalue weighted by molar-refractivity contribution is 6.35. The highest BCUT2D eigenvalue weighted by Gasteiger charge is 2.15. The molecule has 4 nitrogen and oxygen atoms in total. The van der Waals surface area contributed by atoms with Crippen LogP contribution in [0.4, 0.5) is 17.1 Å². The SMILES string of the molecule is CC1CCN(c2ccc(NCC(=O)Nc3cc(Cl)cc(Cl)c3)cc2)CC1. The summed E-state index contributed by atoms with van der Waals surface area (Å²) in [5, 5.41) is 6.90. The normalized spacial score (nSPS) is 15.0. The first kappa shape index (κ1) is 18.9. The number of carbonyl (C=O) groups is 1. The number of piperidine rings is 1. The number of carbonyl (C=O) groups excluding carboxylic acids is 1. The number of halogens is 2. The molecule has 3 rings (SSSR count). The lowest BCUT2D eigenvalue weighted by Crippen LogP contribution is -2.32. The minimum absolute atomic E-state index is 0.155. The highest BCUT2D eigenvalue weighted by atomic mass is 35.5. The summed E-state index contributed by atoms with van der Waals surface area (Å²) in [6.07, 6.45) is 2.49. The standard InChI is InChI=1S/C20H23Cl2N3O/c1-14-6-8-25(9-7-14)19-4-2-17(3-5-19)23-13-20(26)24-18-11-15(21)10-16(22)12-18/h2-5,10-12,14,23H,6-9,13H2,1H3,(H,24,26). The molecule has 1 heterocycles. The van der Waals surface area contributed by atoms with Crippen LogP contribution in [-0.4, -0.2) is 25.5 Å². The van der Waals surface area contributed by atoms with E-state index in [0.717, 1.165) is 24.7 Å². The number of rotatable bonds is 5. The molecule has 1 aliphatic rings. The molecule has 6 heteroatoms. The third-order valence-corrected chi connectivity index (χ3v) is 5.05. The van der Waals surface area contributed by atoms with Crippen molar-refractivity contribution >= 4 is 46.2 Å². The van der Waals surface area contributed by atoms with E-state index in [1.165, 1.54) is 18.5 Å². The molecule has 2 aromatic rings. The lowest BCUT2D eigenvalue weighted by molar-refractivity contribution is -0.114. The number of nitrogens with zero attached hydrogens (tertiary/aromatic N) is 1. The van der Waals surface area contributed by atoms with Crippen molar-refractivity contribution < 1.29 is 4.79 Å². The minimum atomic E-state index is -0.155. The molecule has 1 aliphatic heterocycles. The Morgan fingerprint density at radius 3 is 2.27 bits per heavy atom. The Labute approximate surface area is 164 Å². The van der Waals surface area contributed by atoms with Crippen LogP contribution in [0.1, 0.15) is 19.8 Å². The molecule has 1 fully saturated rings. The van der Waals surface area contributed by atoms with Crippen LogP contribution in [0.2, 0.25) is 10.0 Å². The molecule has 0 radical (unpaired) electrons. The van der Waals surface area contributed by atoms with Gasteiger partial charge in [-0.15, -0.1) is 0 Å². The van der Waals surface area contributed by atoms with E-state index in [0.29, 0.717) is 15.7 Å². The number of benzene rings is 2. The van der Waals surface area contributed by atoms with Crippen LogP contribution in [-0.2, 0) is 4.79 Å². The third kappa shape index (κ3) is 5.29. The smallest absolute Gasteiger partial charge is 0.243 e. The molecule has 2 aromatic carbocycles. The van der Waals surface area contributed by atoms with E-state index in [4.69, 9.17) is 23.2 Å². The van der Waals surface area contributed by atoms with Crippen molar-refractivity contribution in [2.24, 2.45) is 5.92 Å². The van der Waals surface area contributed by atoms with Gasteiger partial charge < -0.3 is 15.5 Å². The Morgan fingerprint density at radius 2 is 1.65 bits per heavy atom. The van der Waals surface area contributed by atoms with E-state index in [1.807, 2.05) is 12.1 Å². The monoisotopic (exact) mass is 391 g/mol. The molecular weight excluding hydrogens is 369 g/mol. The Bertz CT molecular complexity index is 736. The van der Waals surface area contributed by atoms with Gasteiger partial charge in [-0.2, -0.15) is 0 Å². The summed E-state index contributed by atoms with van der Waals surface area (Å²) in [4.78, 5) is 14.5. The molecular formula is C20H23Cl2N3O. The zero-order valence-electron chi connectivity index (χ0n) is 14.8. The molecule has 0 unspecified atom stereocenters. The van der Waals surface area contributed by atoms with Crippen molar-refractivity contribution in [2.75, 3.05) is 35.2 Å². The van der Waals surface area contributed by atoms with Crippen molar-refractivity contribution in [2.45, 2.75) is 19.8 Å². The van der Waals surface area contributed by atoms with Gasteiger partial charge in [-0.25, -0.2) is 0 Å². The van der Waals surface area contributed by atoms with Crippen molar-refractivity contribution in [3.8, 4) is 0 Å². The molecule has 26 heavy (non-hydrogen) atoms. The van der Waals surface area contributed by atoms with Gasteiger partial charge in [0, 0.05) is 40.2 Å². The van der Waals surface area contributed by atoms with Gasteiger partial charge in [-0.1, -0.05) is 30.1 Å². The summed E-state index contributed by atoms with van der Waals surface area (Å²) in [6.45, 7) is 4.70. The average Bonchev–Trinajstić information content (AvgIpc) is 2.60. The van der Waals surface area contributed by atoms with Gasteiger partial charge in [-0.05, 0) is 61.2 Å². The summed E-state index contributed by atoms with van der Waals surface area (Å²) >= 11 is 11.9. The number of hydrogen-bond acceptors (Lipinski definition) is 3. The molecule has 0 atom stereocenters. The Morgan fingerprint density at radius 1 is 1.04 bits per heavy atom. The fourth-order valence-corrected chi connectivity index (χ4v) is 3.60. The maximum Gasteiger partial charge on any atom is 0.243 e. The maximum atomic E-state index is 12.1. The van der Waals surface area contributed by atoms with Crippen molar-refractivity contribution in [3.05, 3.63) is 52.5 Å². The van der Waals surface area contributed by atoms with Crippen molar-refractivity contribution in [3.63, 3.8) is 0 Å². The van der Waals surface area contributed by atoms with Gasteiger partial charge in [0.2, 0.25) is 5.91 Å². The van der Waals surface area contributed by atoms with E-state index in [-0.39, 0.29) is 12.5 Å². The number of hydrogen-bond donors (Lipinski definition) is 2. The van der Waals surface area contributed by atoms with E-state index in [2.05, 4.69) is 34.6 Å². The van der Waals surface area contributed by atoms with Gasteiger partial charge in [-0.3, -0.25) is 4.79 Å². The van der Waals surface area contributed by atoms with Crippen LogP contribution in [0.3, 0.4) is 0 Å². The second-order valence-electron chi connectivity index (χ2n) is 6.78. The quantitative estimate of drug-likeness (QED) is 0.728. The van der Waals surface area contributed by atoms with Crippen LogP contribution in [0, 0.1) is 5.92 Å². The fraction of sp³-hybridized carbons (Fsp3) is 0.350. The van der Waals surface area contributed by atoms with Crippen LogP contribution in [0.25, 0.3) is 0 Å². The average molecular weight is 392 g/mol. The molecule has 0 saturated carbocycles. The van der Waals surface area contributed by atoms with Gasteiger partial charge in [0.25, 0.3) is 0 Å². The first-order chi connectivity index (χ1) is 12.5. The Balaban J connectivity index is 1.50. The number of amides is 1. The zero-order valence-corrected chi connectivity index (χ0v) is 16.3. The highest BCUT2D eigenvalue weighted by Crippen LogP contribution is 2.24. The fourth-order valence-electron chi connectivity index (χ4n) is 3.07. The Hall–Kier alpha value is -1.91. The summed E-state index contributed by atoms with van der Waals surface area (Å²) < 4.78 is 0. The Kier molecular flexibility index (Phi) is 6.28. The van der Waals surface area contributed by atoms with Crippen molar-refractivity contribution in [1.82, 2.24) is 0 Å². The van der Waals surface area contributed by atoms with Crippen LogP contribution in [0.5, 0.6) is 0 Å². The van der Waals surface area contributed by atoms with Gasteiger partial charge >= 0.3 is 0 Å². The second-order valence-corrected chi connectivity index (χ2v) is 7.65. The summed E-state index contributed by atoms with van der Waals surface area (Å²) in [6, 6.07) is 13.2. The molecule has 1 saturated heterocycles. The zero-order chi connectivity index (χ0) is 18.5. The van der Waals surface area contributed by atoms with Crippen LogP contribution in [0.15, 0.2) is 42.5 Å². The molecule has 0 aliphatic carbocycles. The number of nitrogens with one attached hydrogen (secondary N) is 2. The predicted octanol–water partition coefficient (Wildman–Crippen LogP) is 5.28. The van der Waals surface area contributed by atoms with E-state index in [1.54, 1.807) is 18.2 Å². The molecule has 0 spiro atoms. The summed E-state index contributed by atoms with van der Waals surface area (Å²) in [5.41, 5.74) is 2.74. The number of anilines is 3. The first-order valence-electron chi connectivity index (χ1n) is 8.84. The first-order valence-corrected chi connectivity index (χ1v) is 9.60. The molecule has 0 aromatic heterocycles. The second kappa shape index (κ2) is 8.65. The third-order valence-electron chi connectivity index (χ3n) is 4.62.